The van der Waals surface area contributed by atoms with Gasteiger partial charge in [-0.25, -0.2) is 0 Å². The Morgan fingerprint density at radius 2 is 2.06 bits per heavy atom. The summed E-state index contributed by atoms with van der Waals surface area (Å²) >= 11 is 0. The molecule has 0 bridgehead atoms. The van der Waals surface area contributed by atoms with Crippen molar-refractivity contribution in [3.05, 3.63) is 46.2 Å². The Bertz CT molecular complexity index is 644. The molecular formula is C14H16N2O2. The first-order chi connectivity index (χ1) is 8.65. The number of para-hydroxylation sites is 1. The lowest BCUT2D eigenvalue weighted by molar-refractivity contribution is 0.0952. The molecule has 1 aromatic heterocycles. The number of fused-ring (bicyclic) bond motifs is 1. The predicted octanol–water partition coefficient (Wildman–Crippen LogP) is 1.68. The molecule has 18 heavy (non-hydrogen) atoms. The molecule has 0 aliphatic carbocycles. The Morgan fingerprint density at radius 3 is 2.78 bits per heavy atom. The van der Waals surface area contributed by atoms with Crippen molar-refractivity contribution in [2.45, 2.75) is 13.3 Å². The number of pyridine rings is 1. The van der Waals surface area contributed by atoms with Gasteiger partial charge < -0.3 is 9.88 Å². The van der Waals surface area contributed by atoms with E-state index in [4.69, 9.17) is 0 Å². The minimum absolute atomic E-state index is 0.199. The summed E-state index contributed by atoms with van der Waals surface area (Å²) in [6.45, 7) is 2.55. The first-order valence-electron chi connectivity index (χ1n) is 6.01. The highest BCUT2D eigenvalue weighted by Gasteiger charge is 2.13. The fraction of sp³-hybridized carbons (Fsp3) is 0.286. The molecule has 2 aromatic rings. The van der Waals surface area contributed by atoms with Gasteiger partial charge in [0.1, 0.15) is 5.56 Å². The number of rotatable bonds is 3. The molecule has 0 unspecified atom stereocenters. The van der Waals surface area contributed by atoms with E-state index < -0.39 is 0 Å². The van der Waals surface area contributed by atoms with Gasteiger partial charge in [-0.3, -0.25) is 9.59 Å². The van der Waals surface area contributed by atoms with Crippen LogP contribution in [-0.4, -0.2) is 17.0 Å². The Labute approximate surface area is 105 Å². The molecule has 0 aliphatic rings. The first-order valence-corrected chi connectivity index (χ1v) is 6.01. The van der Waals surface area contributed by atoms with Gasteiger partial charge in [-0.2, -0.15) is 0 Å². The fourth-order valence-corrected chi connectivity index (χ4v) is 1.94. The molecule has 0 saturated heterocycles. The summed E-state index contributed by atoms with van der Waals surface area (Å²) in [5.41, 5.74) is 0.816. The molecule has 0 fully saturated rings. The van der Waals surface area contributed by atoms with E-state index in [0.29, 0.717) is 11.9 Å². The van der Waals surface area contributed by atoms with Crippen molar-refractivity contribution < 1.29 is 4.79 Å². The molecule has 0 radical (unpaired) electrons. The maximum Gasteiger partial charge on any atom is 0.256 e. The van der Waals surface area contributed by atoms with E-state index in [1.54, 1.807) is 22.9 Å². The summed E-state index contributed by atoms with van der Waals surface area (Å²) in [4.78, 5) is 24.1. The highest BCUT2D eigenvalue weighted by atomic mass is 16.2. The highest BCUT2D eigenvalue weighted by Crippen LogP contribution is 2.09. The summed E-state index contributed by atoms with van der Waals surface area (Å²) in [6, 6.07) is 7.29. The molecule has 0 atom stereocenters. The van der Waals surface area contributed by atoms with Crippen LogP contribution in [0.3, 0.4) is 0 Å². The van der Waals surface area contributed by atoms with Crippen LogP contribution in [0, 0.1) is 0 Å². The van der Waals surface area contributed by atoms with Crippen LogP contribution in [0.1, 0.15) is 23.7 Å². The number of nitrogens with zero attached hydrogens (tertiary/aromatic N) is 1. The van der Waals surface area contributed by atoms with Crippen LogP contribution in [0.2, 0.25) is 0 Å². The average Bonchev–Trinajstić information content (AvgIpc) is 2.40. The smallest absolute Gasteiger partial charge is 0.256 e. The molecule has 4 nitrogen and oxygen atoms in total. The van der Waals surface area contributed by atoms with E-state index in [9.17, 15) is 9.59 Å². The van der Waals surface area contributed by atoms with Crippen LogP contribution < -0.4 is 10.7 Å². The summed E-state index contributed by atoms with van der Waals surface area (Å²) in [7, 11) is 1.83. The number of hydrogen-bond acceptors (Lipinski definition) is 2. The van der Waals surface area contributed by atoms with Crippen LogP contribution in [0.25, 0.3) is 10.9 Å². The Kier molecular flexibility index (Phi) is 3.46. The van der Waals surface area contributed by atoms with Crippen LogP contribution in [0.15, 0.2) is 35.3 Å². The van der Waals surface area contributed by atoms with Gasteiger partial charge in [-0.15, -0.1) is 0 Å². The predicted molar refractivity (Wildman–Crippen MR) is 71.8 cm³/mol. The largest absolute Gasteiger partial charge is 0.352 e. The zero-order valence-electron chi connectivity index (χ0n) is 10.6. The molecule has 1 aromatic carbocycles. The van der Waals surface area contributed by atoms with Gasteiger partial charge in [0.15, 0.2) is 0 Å². The lowest BCUT2D eigenvalue weighted by Gasteiger charge is -2.08. The highest BCUT2D eigenvalue weighted by molar-refractivity contribution is 5.97. The van der Waals surface area contributed by atoms with Gasteiger partial charge in [0.2, 0.25) is 5.43 Å². The second-order valence-corrected chi connectivity index (χ2v) is 4.26. The van der Waals surface area contributed by atoms with E-state index in [2.05, 4.69) is 5.32 Å². The zero-order valence-corrected chi connectivity index (χ0v) is 10.6. The summed E-state index contributed by atoms with van der Waals surface area (Å²) < 4.78 is 1.80. The number of aromatic nitrogens is 1. The molecule has 0 spiro atoms. The average molecular weight is 244 g/mol. The molecule has 0 aliphatic heterocycles. The Hall–Kier alpha value is -2.10. The molecule has 94 valence electrons. The fourth-order valence-electron chi connectivity index (χ4n) is 1.94. The first kappa shape index (κ1) is 12.4. The number of hydrogen-bond donors (Lipinski definition) is 1. The van der Waals surface area contributed by atoms with Gasteiger partial charge in [0.25, 0.3) is 5.91 Å². The zero-order chi connectivity index (χ0) is 13.1. The second kappa shape index (κ2) is 5.04. The van der Waals surface area contributed by atoms with Gasteiger partial charge in [-0.1, -0.05) is 19.1 Å². The lowest BCUT2D eigenvalue weighted by atomic mass is 10.1. The third kappa shape index (κ3) is 2.14. The molecule has 1 amide bonds. The van der Waals surface area contributed by atoms with E-state index in [-0.39, 0.29) is 16.9 Å². The van der Waals surface area contributed by atoms with E-state index in [1.807, 2.05) is 26.1 Å². The van der Waals surface area contributed by atoms with Crippen LogP contribution in [0.5, 0.6) is 0 Å². The maximum atomic E-state index is 12.2. The number of carbonyl (C=O) groups excluding carboxylic acids is 1. The third-order valence-corrected chi connectivity index (χ3v) is 2.88. The summed E-state index contributed by atoms with van der Waals surface area (Å²) in [6.07, 6.45) is 2.44. The van der Waals surface area contributed by atoms with Crippen LogP contribution >= 0.6 is 0 Å². The minimum Gasteiger partial charge on any atom is -0.352 e. The number of amides is 1. The number of nitrogens with one attached hydrogen (secondary N) is 1. The molecule has 2 rings (SSSR count). The SMILES string of the molecule is CCCNC(=O)c1cn(C)c2ccccc2c1=O. The van der Waals surface area contributed by atoms with Gasteiger partial charge in [0, 0.05) is 25.2 Å². The van der Waals surface area contributed by atoms with E-state index >= 15 is 0 Å². The molecule has 1 heterocycles. The van der Waals surface area contributed by atoms with Crippen molar-refractivity contribution in [1.82, 2.24) is 9.88 Å². The molecule has 0 saturated carbocycles. The lowest BCUT2D eigenvalue weighted by Crippen LogP contribution is -2.30. The second-order valence-electron chi connectivity index (χ2n) is 4.26. The van der Waals surface area contributed by atoms with Gasteiger partial charge in [-0.05, 0) is 18.6 Å². The van der Waals surface area contributed by atoms with Crippen LogP contribution in [-0.2, 0) is 7.05 Å². The van der Waals surface area contributed by atoms with Crippen molar-refractivity contribution >= 4 is 16.8 Å². The number of carbonyl (C=O) groups is 1. The number of benzene rings is 1. The van der Waals surface area contributed by atoms with Crippen molar-refractivity contribution in [3.8, 4) is 0 Å². The molecular weight excluding hydrogens is 228 g/mol. The number of aryl methyl sites for hydroxylation is 1. The van der Waals surface area contributed by atoms with Crippen molar-refractivity contribution in [2.75, 3.05) is 6.54 Å². The topological polar surface area (TPSA) is 51.1 Å². The normalized spacial score (nSPS) is 10.6. The van der Waals surface area contributed by atoms with Crippen molar-refractivity contribution in [3.63, 3.8) is 0 Å². The third-order valence-electron chi connectivity index (χ3n) is 2.88. The Morgan fingerprint density at radius 1 is 1.33 bits per heavy atom. The van der Waals surface area contributed by atoms with Gasteiger partial charge >= 0.3 is 0 Å². The Balaban J connectivity index is 2.56. The van der Waals surface area contributed by atoms with E-state index in [0.717, 1.165) is 11.9 Å². The summed E-state index contributed by atoms with van der Waals surface area (Å²) in [5, 5.41) is 3.30. The van der Waals surface area contributed by atoms with Crippen LogP contribution in [0.4, 0.5) is 0 Å². The standard InChI is InChI=1S/C14H16N2O2/c1-3-8-15-14(18)11-9-16(2)12-7-5-4-6-10(12)13(11)17/h4-7,9H,3,8H2,1-2H3,(H,15,18). The quantitative estimate of drug-likeness (QED) is 0.893. The minimum atomic E-state index is -0.303. The monoisotopic (exact) mass is 244 g/mol. The summed E-state index contributed by atoms with van der Waals surface area (Å²) in [5.74, 6) is -0.303. The van der Waals surface area contributed by atoms with Crippen molar-refractivity contribution in [1.29, 1.82) is 0 Å². The van der Waals surface area contributed by atoms with Gasteiger partial charge in [0.05, 0.1) is 5.52 Å². The maximum absolute atomic E-state index is 12.2. The van der Waals surface area contributed by atoms with Crippen molar-refractivity contribution in [2.24, 2.45) is 7.05 Å². The molecule has 4 heteroatoms. The molecule has 1 N–H and O–H groups in total. The van der Waals surface area contributed by atoms with E-state index in [1.165, 1.54) is 0 Å².